The Labute approximate surface area is 120 Å². The van der Waals surface area contributed by atoms with Gasteiger partial charge in [-0.15, -0.1) is 0 Å². The topological polar surface area (TPSA) is 90.2 Å². The van der Waals surface area contributed by atoms with Crippen LogP contribution >= 0.6 is 0 Å². The molecule has 4 atom stereocenters. The number of benzene rings is 1. The highest BCUT2D eigenvalue weighted by atomic mass is 19.1. The Morgan fingerprint density at radius 1 is 1.43 bits per heavy atom. The van der Waals surface area contributed by atoms with Gasteiger partial charge in [0.05, 0.1) is 6.54 Å². The number of aliphatic hydroxyl groups is 2. The molecule has 6 nitrogen and oxygen atoms in total. The Hall–Kier alpha value is -1.86. The second kappa shape index (κ2) is 4.85. The number of aliphatic hydroxyl groups excluding tert-OH is 1. The summed E-state index contributed by atoms with van der Waals surface area (Å²) in [6.07, 6.45) is -2.87. The molecule has 1 aliphatic heterocycles. The zero-order chi connectivity index (χ0) is 15.2. The lowest BCUT2D eigenvalue weighted by molar-refractivity contribution is -0.0859. The maximum atomic E-state index is 13.6. The van der Waals surface area contributed by atoms with Crippen LogP contribution < -0.4 is 4.74 Å². The van der Waals surface area contributed by atoms with E-state index in [1.165, 1.54) is 18.2 Å². The highest BCUT2D eigenvalue weighted by molar-refractivity contribution is 5.65. The lowest BCUT2D eigenvalue weighted by Crippen LogP contribution is -2.49. The van der Waals surface area contributed by atoms with Crippen molar-refractivity contribution in [2.45, 2.75) is 24.2 Å². The van der Waals surface area contributed by atoms with Crippen LogP contribution in [0.5, 0.6) is 5.75 Å². The van der Waals surface area contributed by atoms with Crippen LogP contribution in [0.1, 0.15) is 6.42 Å². The SMILES string of the molecule is O=C(O)N1C[C@H]2C[C@H](Oc3ccccc3F)[C@H](O)[C@@]2(O)C1. The number of hydrogen-bond acceptors (Lipinski definition) is 4. The lowest BCUT2D eigenvalue weighted by atomic mass is 9.93. The second-order valence-corrected chi connectivity index (χ2v) is 5.62. The van der Waals surface area contributed by atoms with Gasteiger partial charge in [0, 0.05) is 12.5 Å². The van der Waals surface area contributed by atoms with E-state index in [0.29, 0.717) is 0 Å². The second-order valence-electron chi connectivity index (χ2n) is 5.62. The Morgan fingerprint density at radius 3 is 2.76 bits per heavy atom. The molecule has 1 heterocycles. The average Bonchev–Trinajstić information content (AvgIpc) is 2.88. The summed E-state index contributed by atoms with van der Waals surface area (Å²) in [4.78, 5) is 12.0. The van der Waals surface area contributed by atoms with Crippen LogP contribution in [0, 0.1) is 11.7 Å². The molecule has 1 amide bonds. The molecule has 0 aromatic heterocycles. The Kier molecular flexibility index (Phi) is 3.26. The van der Waals surface area contributed by atoms with Crippen LogP contribution in [0.15, 0.2) is 24.3 Å². The van der Waals surface area contributed by atoms with E-state index in [9.17, 15) is 19.4 Å². The molecule has 0 unspecified atom stereocenters. The third-order valence-electron chi connectivity index (χ3n) is 4.36. The summed E-state index contributed by atoms with van der Waals surface area (Å²) in [5.41, 5.74) is -1.53. The van der Waals surface area contributed by atoms with Crippen molar-refractivity contribution in [3.05, 3.63) is 30.1 Å². The minimum absolute atomic E-state index is 0.0141. The van der Waals surface area contributed by atoms with Crippen molar-refractivity contribution in [3.63, 3.8) is 0 Å². The number of likely N-dealkylation sites (tertiary alicyclic amines) is 1. The van der Waals surface area contributed by atoms with Crippen LogP contribution in [0.25, 0.3) is 0 Å². The van der Waals surface area contributed by atoms with Crippen LogP contribution in [0.3, 0.4) is 0 Å². The molecule has 3 rings (SSSR count). The number of halogens is 1. The number of rotatable bonds is 2. The summed E-state index contributed by atoms with van der Waals surface area (Å²) >= 11 is 0. The molecule has 0 bridgehead atoms. The van der Waals surface area contributed by atoms with E-state index in [-0.39, 0.29) is 25.3 Å². The van der Waals surface area contributed by atoms with Crippen LogP contribution in [0.2, 0.25) is 0 Å². The van der Waals surface area contributed by atoms with Gasteiger partial charge in [-0.1, -0.05) is 12.1 Å². The molecule has 1 saturated heterocycles. The largest absolute Gasteiger partial charge is 0.485 e. The predicted octanol–water partition coefficient (Wildman–Crippen LogP) is 0.679. The molecular weight excluding hydrogens is 281 g/mol. The van der Waals surface area contributed by atoms with Gasteiger partial charge in [0.1, 0.15) is 17.8 Å². The molecule has 2 aliphatic rings. The number of amides is 1. The van der Waals surface area contributed by atoms with E-state index in [2.05, 4.69) is 0 Å². The first-order valence-electron chi connectivity index (χ1n) is 6.71. The highest BCUT2D eigenvalue weighted by Gasteiger charge is 2.60. The molecule has 7 heteroatoms. The van der Waals surface area contributed by atoms with E-state index in [1.807, 2.05) is 0 Å². The van der Waals surface area contributed by atoms with Crippen molar-refractivity contribution in [1.82, 2.24) is 4.90 Å². The van der Waals surface area contributed by atoms with Gasteiger partial charge in [-0.3, -0.25) is 0 Å². The lowest BCUT2D eigenvalue weighted by Gasteiger charge is -2.28. The summed E-state index contributed by atoms with van der Waals surface area (Å²) in [5.74, 6) is -0.943. The fraction of sp³-hybridized carbons (Fsp3) is 0.500. The Bertz CT molecular complexity index is 568. The fourth-order valence-corrected chi connectivity index (χ4v) is 3.23. The molecular formula is C14H16FNO5. The van der Waals surface area contributed by atoms with Crippen LogP contribution in [-0.4, -0.2) is 57.2 Å². The number of carboxylic acid groups (broad SMARTS) is 1. The summed E-state index contributed by atoms with van der Waals surface area (Å²) < 4.78 is 19.0. The minimum atomic E-state index is -1.53. The van der Waals surface area contributed by atoms with Gasteiger partial charge in [0.2, 0.25) is 0 Å². The zero-order valence-electron chi connectivity index (χ0n) is 11.1. The van der Waals surface area contributed by atoms with Gasteiger partial charge >= 0.3 is 6.09 Å². The maximum absolute atomic E-state index is 13.6. The van der Waals surface area contributed by atoms with Gasteiger partial charge in [0.25, 0.3) is 0 Å². The minimum Gasteiger partial charge on any atom is -0.485 e. The number of fused-ring (bicyclic) bond motifs is 1. The summed E-state index contributed by atoms with van der Waals surface area (Å²) in [5, 5.41) is 29.7. The van der Waals surface area contributed by atoms with E-state index >= 15 is 0 Å². The Balaban J connectivity index is 1.75. The number of para-hydroxylation sites is 1. The molecule has 114 valence electrons. The molecule has 2 fully saturated rings. The summed E-state index contributed by atoms with van der Waals surface area (Å²) in [6, 6.07) is 5.84. The number of nitrogens with zero attached hydrogens (tertiary/aromatic N) is 1. The van der Waals surface area contributed by atoms with Crippen molar-refractivity contribution in [2.24, 2.45) is 5.92 Å². The number of hydrogen-bond donors (Lipinski definition) is 3. The third-order valence-corrected chi connectivity index (χ3v) is 4.36. The smallest absolute Gasteiger partial charge is 0.407 e. The van der Waals surface area contributed by atoms with Crippen LogP contribution in [-0.2, 0) is 0 Å². The van der Waals surface area contributed by atoms with E-state index in [0.717, 1.165) is 4.90 Å². The predicted molar refractivity (Wildman–Crippen MR) is 69.5 cm³/mol. The van der Waals surface area contributed by atoms with Crippen molar-refractivity contribution in [3.8, 4) is 5.75 Å². The van der Waals surface area contributed by atoms with Crippen molar-refractivity contribution >= 4 is 6.09 Å². The molecule has 3 N–H and O–H groups in total. The van der Waals surface area contributed by atoms with Gasteiger partial charge < -0.3 is 25.0 Å². The molecule has 0 radical (unpaired) electrons. The molecule has 21 heavy (non-hydrogen) atoms. The van der Waals surface area contributed by atoms with E-state index < -0.39 is 35.6 Å². The quantitative estimate of drug-likeness (QED) is 0.747. The molecule has 1 saturated carbocycles. The van der Waals surface area contributed by atoms with Crippen molar-refractivity contribution in [2.75, 3.05) is 13.1 Å². The summed E-state index contributed by atoms with van der Waals surface area (Å²) in [6.45, 7) is -0.0225. The maximum Gasteiger partial charge on any atom is 0.407 e. The molecule has 1 aromatic rings. The number of carbonyl (C=O) groups is 1. The monoisotopic (exact) mass is 297 g/mol. The molecule has 0 spiro atoms. The highest BCUT2D eigenvalue weighted by Crippen LogP contribution is 2.43. The van der Waals surface area contributed by atoms with E-state index in [4.69, 9.17) is 9.84 Å². The fourth-order valence-electron chi connectivity index (χ4n) is 3.23. The average molecular weight is 297 g/mol. The van der Waals surface area contributed by atoms with Gasteiger partial charge in [-0.05, 0) is 18.6 Å². The standard InChI is InChI=1S/C14H16FNO5/c15-9-3-1-2-4-10(9)21-11-5-8-6-16(13(18)19)7-14(8,20)12(11)17/h1-4,8,11-12,17,20H,5-7H2,(H,18,19)/t8-,11+,12+,14-/m1/s1. The van der Waals surface area contributed by atoms with Crippen LogP contribution in [0.4, 0.5) is 9.18 Å². The zero-order valence-corrected chi connectivity index (χ0v) is 11.1. The van der Waals surface area contributed by atoms with Crippen molar-refractivity contribution < 1.29 is 29.2 Å². The Morgan fingerprint density at radius 2 is 2.14 bits per heavy atom. The first kappa shape index (κ1) is 14.1. The van der Waals surface area contributed by atoms with Crippen molar-refractivity contribution in [1.29, 1.82) is 0 Å². The van der Waals surface area contributed by atoms with Gasteiger partial charge in [-0.25, -0.2) is 9.18 Å². The number of β-amino-alcohol motifs (C(OH)–C–C–N with tert-alkyl or cyclic N) is 1. The van der Waals surface area contributed by atoms with E-state index in [1.54, 1.807) is 6.07 Å². The van der Waals surface area contributed by atoms with Gasteiger partial charge in [-0.2, -0.15) is 0 Å². The normalized spacial score (nSPS) is 34.8. The first-order valence-corrected chi connectivity index (χ1v) is 6.71. The first-order chi connectivity index (χ1) is 9.91. The molecule has 1 aromatic carbocycles. The number of ether oxygens (including phenoxy) is 1. The summed E-state index contributed by atoms with van der Waals surface area (Å²) in [7, 11) is 0. The molecule has 1 aliphatic carbocycles. The third kappa shape index (κ3) is 2.22. The van der Waals surface area contributed by atoms with Gasteiger partial charge in [0.15, 0.2) is 11.6 Å².